The molecule has 0 fully saturated rings. The van der Waals surface area contributed by atoms with E-state index in [2.05, 4.69) is 51.3 Å². The van der Waals surface area contributed by atoms with Gasteiger partial charge in [0.25, 0.3) is 0 Å². The lowest BCUT2D eigenvalue weighted by Gasteiger charge is -2.47. The van der Waals surface area contributed by atoms with Crippen molar-refractivity contribution in [3.05, 3.63) is 70.1 Å². The maximum Gasteiger partial charge on any atom is 0.161 e. The quantitative estimate of drug-likeness (QED) is 0.675. The molecule has 0 aromatic heterocycles. The number of allylic oxidation sites excluding steroid dienone is 5. The summed E-state index contributed by atoms with van der Waals surface area (Å²) >= 11 is 0. The third-order valence-corrected chi connectivity index (χ3v) is 6.18. The highest BCUT2D eigenvalue weighted by molar-refractivity contribution is 6.10. The molecule has 158 valence electrons. The summed E-state index contributed by atoms with van der Waals surface area (Å²) in [5.41, 5.74) is 14.7. The van der Waals surface area contributed by atoms with Gasteiger partial charge in [-0.05, 0) is 66.5 Å². The number of hydrogen-bond donors (Lipinski definition) is 2. The van der Waals surface area contributed by atoms with Crippen LogP contribution in [0.2, 0.25) is 0 Å². The molecule has 3 rings (SSSR count). The van der Waals surface area contributed by atoms with Gasteiger partial charge in [0.1, 0.15) is 0 Å². The number of carbonyl (C=O) groups is 1. The van der Waals surface area contributed by atoms with Crippen molar-refractivity contribution in [1.82, 2.24) is 4.90 Å². The molecule has 1 aromatic rings. The minimum Gasteiger partial charge on any atom is -0.402 e. The number of nitrogens with zero attached hydrogens (tertiary/aromatic N) is 1. The lowest BCUT2D eigenvalue weighted by molar-refractivity contribution is -0.113. The van der Waals surface area contributed by atoms with Gasteiger partial charge in [0.05, 0.1) is 0 Å². The first-order valence-corrected chi connectivity index (χ1v) is 10.5. The number of rotatable bonds is 4. The number of fused-ring (bicyclic) bond motifs is 3. The van der Waals surface area contributed by atoms with Crippen molar-refractivity contribution in [2.75, 3.05) is 0 Å². The molecular formula is C26H33N3O. The molecule has 0 amide bonds. The first-order valence-electron chi connectivity index (χ1n) is 10.5. The number of aryl methyl sites for hydroxylation is 1. The number of benzene rings is 1. The van der Waals surface area contributed by atoms with Gasteiger partial charge in [-0.15, -0.1) is 0 Å². The molecule has 3 N–H and O–H groups in total. The Morgan fingerprint density at radius 3 is 2.50 bits per heavy atom. The van der Waals surface area contributed by atoms with Crippen LogP contribution < -0.4 is 5.73 Å². The summed E-state index contributed by atoms with van der Waals surface area (Å²) in [6, 6.07) is 4.65. The monoisotopic (exact) mass is 403 g/mol. The second-order valence-corrected chi connectivity index (χ2v) is 9.41. The van der Waals surface area contributed by atoms with Crippen molar-refractivity contribution < 1.29 is 4.79 Å². The van der Waals surface area contributed by atoms with Gasteiger partial charge in [-0.1, -0.05) is 40.3 Å². The molecule has 2 heterocycles. The van der Waals surface area contributed by atoms with Crippen LogP contribution in [0.1, 0.15) is 63.8 Å². The number of ketones is 1. The van der Waals surface area contributed by atoms with Gasteiger partial charge in [0.2, 0.25) is 0 Å². The summed E-state index contributed by atoms with van der Waals surface area (Å²) in [7, 11) is 0. The average Bonchev–Trinajstić information content (AvgIpc) is 2.65. The van der Waals surface area contributed by atoms with E-state index in [0.29, 0.717) is 11.3 Å². The summed E-state index contributed by atoms with van der Waals surface area (Å²) in [6.07, 6.45) is 7.10. The van der Waals surface area contributed by atoms with Crippen molar-refractivity contribution >= 4 is 23.3 Å². The van der Waals surface area contributed by atoms with Crippen LogP contribution in [0.15, 0.2) is 47.8 Å². The highest BCUT2D eigenvalue weighted by Gasteiger charge is 2.38. The molecule has 4 nitrogen and oxygen atoms in total. The van der Waals surface area contributed by atoms with Crippen LogP contribution in [0.4, 0.5) is 0 Å². The Morgan fingerprint density at radius 2 is 2.00 bits per heavy atom. The zero-order valence-electron chi connectivity index (χ0n) is 19.0. The predicted molar refractivity (Wildman–Crippen MR) is 126 cm³/mol. The highest BCUT2D eigenvalue weighted by Crippen LogP contribution is 2.44. The number of nitrogens with two attached hydrogens (primary N) is 1. The predicted octanol–water partition coefficient (Wildman–Crippen LogP) is 5.24. The molecule has 0 aliphatic carbocycles. The molecular weight excluding hydrogens is 370 g/mol. The van der Waals surface area contributed by atoms with Crippen molar-refractivity contribution in [3.8, 4) is 0 Å². The highest BCUT2D eigenvalue weighted by atomic mass is 16.1. The Balaban J connectivity index is 2.28. The Bertz CT molecular complexity index is 1030. The minimum absolute atomic E-state index is 0.00143. The molecule has 1 aromatic carbocycles. The maximum atomic E-state index is 12.2. The fourth-order valence-electron chi connectivity index (χ4n) is 4.47. The summed E-state index contributed by atoms with van der Waals surface area (Å²) in [6.45, 7) is 16.4. The Hall–Kier alpha value is -2.88. The van der Waals surface area contributed by atoms with Crippen molar-refractivity contribution in [2.24, 2.45) is 11.1 Å². The molecule has 1 atom stereocenters. The van der Waals surface area contributed by atoms with Crippen LogP contribution in [0.3, 0.4) is 0 Å². The summed E-state index contributed by atoms with van der Waals surface area (Å²) in [5, 5.41) is 7.88. The van der Waals surface area contributed by atoms with Crippen molar-refractivity contribution in [3.63, 3.8) is 0 Å². The Morgan fingerprint density at radius 1 is 1.33 bits per heavy atom. The zero-order valence-corrected chi connectivity index (χ0v) is 19.0. The molecule has 1 unspecified atom stereocenters. The molecule has 0 saturated carbocycles. The molecule has 30 heavy (non-hydrogen) atoms. The van der Waals surface area contributed by atoms with E-state index in [1.54, 1.807) is 6.92 Å². The van der Waals surface area contributed by atoms with Gasteiger partial charge in [-0.2, -0.15) is 0 Å². The third-order valence-electron chi connectivity index (χ3n) is 6.18. The summed E-state index contributed by atoms with van der Waals surface area (Å²) in [4.78, 5) is 14.5. The fourth-order valence-corrected chi connectivity index (χ4v) is 4.47. The van der Waals surface area contributed by atoms with Crippen LogP contribution in [0.25, 0.3) is 11.3 Å². The first-order chi connectivity index (χ1) is 14.0. The standard InChI is InChI=1S/C26H33N3O/c1-8-18-10-21-19(11-20(18)22(13-27)16(3)28)12-25(26(5,6)7)29-14-23(17(4)30)15(2)9-24(21)29/h9-11,13-14,25,27H,2,8,12,28H2,1,3-7H3. The van der Waals surface area contributed by atoms with E-state index in [9.17, 15) is 4.79 Å². The van der Waals surface area contributed by atoms with E-state index in [-0.39, 0.29) is 17.2 Å². The van der Waals surface area contributed by atoms with Gasteiger partial charge in [-0.3, -0.25) is 4.79 Å². The summed E-state index contributed by atoms with van der Waals surface area (Å²) in [5.74, 6) is 0.0394. The van der Waals surface area contributed by atoms with Gasteiger partial charge in [0.15, 0.2) is 5.78 Å². The Kier molecular flexibility index (Phi) is 5.64. The second-order valence-electron chi connectivity index (χ2n) is 9.41. The van der Waals surface area contributed by atoms with E-state index < -0.39 is 0 Å². The topological polar surface area (TPSA) is 70.2 Å². The van der Waals surface area contributed by atoms with Crippen LogP contribution in [0, 0.1) is 10.8 Å². The van der Waals surface area contributed by atoms with Gasteiger partial charge >= 0.3 is 0 Å². The van der Waals surface area contributed by atoms with Gasteiger partial charge < -0.3 is 16.0 Å². The third kappa shape index (κ3) is 3.67. The normalized spacial score (nSPS) is 19.3. The van der Waals surface area contributed by atoms with E-state index in [1.807, 2.05) is 19.2 Å². The first kappa shape index (κ1) is 21.8. The number of carbonyl (C=O) groups excluding carboxylic acids is 1. The lowest BCUT2D eigenvalue weighted by atomic mass is 9.75. The van der Waals surface area contributed by atoms with E-state index in [1.165, 1.54) is 22.9 Å². The van der Waals surface area contributed by atoms with Crippen molar-refractivity contribution in [1.29, 1.82) is 5.41 Å². The zero-order chi connectivity index (χ0) is 22.4. The van der Waals surface area contributed by atoms with Crippen molar-refractivity contribution in [2.45, 2.75) is 60.4 Å². The van der Waals surface area contributed by atoms with Crippen LogP contribution in [0.5, 0.6) is 0 Å². The molecule has 4 heteroatoms. The molecule has 2 aliphatic rings. The van der Waals surface area contributed by atoms with E-state index >= 15 is 0 Å². The van der Waals surface area contributed by atoms with Crippen LogP contribution in [-0.2, 0) is 17.6 Å². The molecule has 0 bridgehead atoms. The lowest BCUT2D eigenvalue weighted by Crippen LogP contribution is -2.45. The average molecular weight is 404 g/mol. The van der Waals surface area contributed by atoms with Crippen LogP contribution in [-0.4, -0.2) is 22.9 Å². The molecule has 0 spiro atoms. The molecule has 0 radical (unpaired) electrons. The SMILES string of the molecule is C=C1C=C2c3cc(CC)c(C(C=N)=C(C)N)cc3CC(C(C)(C)C)N2C=C1C(C)=O. The molecule has 0 saturated heterocycles. The van der Waals surface area contributed by atoms with Gasteiger partial charge in [-0.25, -0.2) is 0 Å². The minimum atomic E-state index is 0.00143. The summed E-state index contributed by atoms with van der Waals surface area (Å²) < 4.78 is 0. The largest absolute Gasteiger partial charge is 0.402 e. The number of Topliss-reactive ketones (excluding diaryl/α,β-unsaturated/α-hetero) is 1. The van der Waals surface area contributed by atoms with E-state index in [0.717, 1.165) is 35.2 Å². The van der Waals surface area contributed by atoms with E-state index in [4.69, 9.17) is 11.1 Å². The number of hydrogen-bond acceptors (Lipinski definition) is 4. The smallest absolute Gasteiger partial charge is 0.161 e. The van der Waals surface area contributed by atoms with Crippen LogP contribution >= 0.6 is 0 Å². The fraction of sp³-hybridized carbons (Fsp3) is 0.385. The number of nitrogens with one attached hydrogen (secondary N) is 1. The maximum absolute atomic E-state index is 12.2. The Labute approximate surface area is 180 Å². The molecule has 2 aliphatic heterocycles. The van der Waals surface area contributed by atoms with Gasteiger partial charge in [0, 0.05) is 46.6 Å². The second kappa shape index (κ2) is 7.75.